The third-order valence-electron chi connectivity index (χ3n) is 2.75. The second-order valence-corrected chi connectivity index (χ2v) is 5.58. The third-order valence-corrected chi connectivity index (χ3v) is 3.65. The van der Waals surface area contributed by atoms with Crippen LogP contribution >= 0.6 is 11.3 Å². The predicted molar refractivity (Wildman–Crippen MR) is 77.7 cm³/mol. The van der Waals surface area contributed by atoms with Crippen LogP contribution in [0.1, 0.15) is 20.3 Å². The minimum absolute atomic E-state index is 0.747. The number of benzene rings is 1. The lowest BCUT2D eigenvalue weighted by Crippen LogP contribution is -2.05. The van der Waals surface area contributed by atoms with Gasteiger partial charge in [-0.3, -0.25) is 0 Å². The second-order valence-electron chi connectivity index (χ2n) is 4.63. The Morgan fingerprint density at radius 3 is 2.65 bits per heavy atom. The zero-order valence-electron chi connectivity index (χ0n) is 10.4. The lowest BCUT2D eigenvalue weighted by molar-refractivity contribution is 0.607. The summed E-state index contributed by atoms with van der Waals surface area (Å²) in [6, 6.07) is 12.8. The Bertz CT molecular complexity index is 446. The van der Waals surface area contributed by atoms with E-state index in [0.29, 0.717) is 0 Å². The summed E-state index contributed by atoms with van der Waals surface area (Å²) in [5.41, 5.74) is 2.56. The molecule has 2 rings (SSSR count). The number of anilines is 1. The van der Waals surface area contributed by atoms with Gasteiger partial charge in [-0.05, 0) is 29.9 Å². The second kappa shape index (κ2) is 5.87. The molecule has 0 saturated heterocycles. The van der Waals surface area contributed by atoms with E-state index >= 15 is 0 Å². The van der Waals surface area contributed by atoms with Gasteiger partial charge in [0.25, 0.3) is 0 Å². The number of hydrogen-bond acceptors (Lipinski definition) is 2. The summed E-state index contributed by atoms with van der Waals surface area (Å²) in [7, 11) is 0. The molecule has 1 nitrogen and oxygen atoms in total. The molecule has 0 aliphatic heterocycles. The normalized spacial score (nSPS) is 10.8. The van der Waals surface area contributed by atoms with E-state index in [-0.39, 0.29) is 0 Å². The van der Waals surface area contributed by atoms with Gasteiger partial charge in [0.05, 0.1) is 0 Å². The van der Waals surface area contributed by atoms with Crippen LogP contribution in [0.15, 0.2) is 41.8 Å². The monoisotopic (exact) mass is 245 g/mol. The fourth-order valence-corrected chi connectivity index (χ4v) is 2.55. The molecular formula is C15H19NS. The largest absolute Gasteiger partial charge is 0.385 e. The van der Waals surface area contributed by atoms with Crippen LogP contribution in [-0.4, -0.2) is 6.54 Å². The molecule has 17 heavy (non-hydrogen) atoms. The molecule has 0 unspecified atom stereocenters. The van der Waals surface area contributed by atoms with Gasteiger partial charge in [0.15, 0.2) is 0 Å². The molecule has 0 radical (unpaired) electrons. The Labute approximate surface area is 108 Å². The van der Waals surface area contributed by atoms with E-state index in [0.717, 1.165) is 12.5 Å². The molecule has 0 atom stereocenters. The van der Waals surface area contributed by atoms with E-state index in [4.69, 9.17) is 0 Å². The summed E-state index contributed by atoms with van der Waals surface area (Å²) >= 11 is 1.79. The minimum Gasteiger partial charge on any atom is -0.385 e. The SMILES string of the molecule is CC(C)CCNc1ccccc1-c1cccs1. The maximum absolute atomic E-state index is 3.54. The van der Waals surface area contributed by atoms with E-state index in [9.17, 15) is 0 Å². The first-order valence-corrected chi connectivity index (χ1v) is 7.02. The molecule has 0 aliphatic rings. The van der Waals surface area contributed by atoms with Gasteiger partial charge < -0.3 is 5.32 Å². The molecule has 2 aromatic rings. The predicted octanol–water partition coefficient (Wildman–Crippen LogP) is 4.87. The van der Waals surface area contributed by atoms with Gasteiger partial charge >= 0.3 is 0 Å². The van der Waals surface area contributed by atoms with Crippen LogP contribution in [0.3, 0.4) is 0 Å². The van der Waals surface area contributed by atoms with Gasteiger partial charge in [0.1, 0.15) is 0 Å². The van der Waals surface area contributed by atoms with Crippen LogP contribution in [0, 0.1) is 5.92 Å². The smallest absolute Gasteiger partial charge is 0.0428 e. The summed E-state index contributed by atoms with van der Waals surface area (Å²) in [5.74, 6) is 0.747. The van der Waals surface area contributed by atoms with E-state index in [1.807, 2.05) is 0 Å². The van der Waals surface area contributed by atoms with E-state index in [1.165, 1.54) is 22.5 Å². The average molecular weight is 245 g/mol. The lowest BCUT2D eigenvalue weighted by Gasteiger charge is -2.12. The fraction of sp³-hybridized carbons (Fsp3) is 0.333. The van der Waals surface area contributed by atoms with Crippen LogP contribution in [-0.2, 0) is 0 Å². The standard InChI is InChI=1S/C15H19NS/c1-12(2)9-10-16-14-7-4-3-6-13(14)15-8-5-11-17-15/h3-8,11-12,16H,9-10H2,1-2H3. The highest BCUT2D eigenvalue weighted by Crippen LogP contribution is 2.31. The van der Waals surface area contributed by atoms with E-state index in [2.05, 4.69) is 60.9 Å². The molecule has 1 heterocycles. The average Bonchev–Trinajstić information content (AvgIpc) is 2.82. The first-order chi connectivity index (χ1) is 8.27. The fourth-order valence-electron chi connectivity index (χ4n) is 1.78. The third kappa shape index (κ3) is 3.34. The van der Waals surface area contributed by atoms with Crippen molar-refractivity contribution in [2.24, 2.45) is 5.92 Å². The Kier molecular flexibility index (Phi) is 4.21. The molecule has 0 saturated carbocycles. The van der Waals surface area contributed by atoms with Crippen molar-refractivity contribution in [1.82, 2.24) is 0 Å². The quantitative estimate of drug-likeness (QED) is 0.792. The molecule has 1 aromatic carbocycles. The van der Waals surface area contributed by atoms with Crippen molar-refractivity contribution >= 4 is 17.0 Å². The van der Waals surface area contributed by atoms with Gasteiger partial charge in [0, 0.05) is 22.7 Å². The van der Waals surface area contributed by atoms with Crippen LogP contribution in [0.2, 0.25) is 0 Å². The number of hydrogen-bond donors (Lipinski definition) is 1. The molecule has 0 aliphatic carbocycles. The molecule has 0 fully saturated rings. The first-order valence-electron chi connectivity index (χ1n) is 6.14. The first kappa shape index (κ1) is 12.2. The van der Waals surface area contributed by atoms with Gasteiger partial charge in [-0.25, -0.2) is 0 Å². The van der Waals surface area contributed by atoms with Crippen molar-refractivity contribution in [2.45, 2.75) is 20.3 Å². The number of thiophene rings is 1. The van der Waals surface area contributed by atoms with Crippen LogP contribution in [0.5, 0.6) is 0 Å². The highest BCUT2D eigenvalue weighted by atomic mass is 32.1. The summed E-state index contributed by atoms with van der Waals surface area (Å²) < 4.78 is 0. The molecule has 0 amide bonds. The summed E-state index contributed by atoms with van der Waals surface area (Å²) in [4.78, 5) is 1.33. The summed E-state index contributed by atoms with van der Waals surface area (Å²) in [6.45, 7) is 5.56. The molecule has 0 spiro atoms. The maximum atomic E-state index is 3.54. The maximum Gasteiger partial charge on any atom is 0.0428 e. The number of para-hydroxylation sites is 1. The highest BCUT2D eigenvalue weighted by Gasteiger charge is 2.04. The van der Waals surface area contributed by atoms with Crippen molar-refractivity contribution in [2.75, 3.05) is 11.9 Å². The zero-order valence-corrected chi connectivity index (χ0v) is 11.3. The van der Waals surface area contributed by atoms with Crippen molar-refractivity contribution < 1.29 is 0 Å². The van der Waals surface area contributed by atoms with Crippen molar-refractivity contribution in [1.29, 1.82) is 0 Å². The van der Waals surface area contributed by atoms with Crippen LogP contribution in [0.25, 0.3) is 10.4 Å². The van der Waals surface area contributed by atoms with Crippen molar-refractivity contribution in [3.8, 4) is 10.4 Å². The molecule has 1 aromatic heterocycles. The summed E-state index contributed by atoms with van der Waals surface area (Å²) in [6.07, 6.45) is 1.21. The summed E-state index contributed by atoms with van der Waals surface area (Å²) in [5, 5.41) is 5.66. The van der Waals surface area contributed by atoms with Gasteiger partial charge in [-0.1, -0.05) is 38.1 Å². The zero-order chi connectivity index (χ0) is 12.1. The molecule has 90 valence electrons. The molecule has 0 bridgehead atoms. The minimum atomic E-state index is 0.747. The number of rotatable bonds is 5. The Hall–Kier alpha value is -1.28. The van der Waals surface area contributed by atoms with Crippen molar-refractivity contribution in [3.63, 3.8) is 0 Å². The van der Waals surface area contributed by atoms with Gasteiger partial charge in [-0.2, -0.15) is 0 Å². The van der Waals surface area contributed by atoms with Gasteiger partial charge in [-0.15, -0.1) is 11.3 Å². The topological polar surface area (TPSA) is 12.0 Å². The van der Waals surface area contributed by atoms with E-state index < -0.39 is 0 Å². The lowest BCUT2D eigenvalue weighted by atomic mass is 10.1. The van der Waals surface area contributed by atoms with Crippen LogP contribution < -0.4 is 5.32 Å². The van der Waals surface area contributed by atoms with Crippen molar-refractivity contribution in [3.05, 3.63) is 41.8 Å². The van der Waals surface area contributed by atoms with E-state index in [1.54, 1.807) is 11.3 Å². The Morgan fingerprint density at radius 1 is 1.12 bits per heavy atom. The Balaban J connectivity index is 2.11. The Morgan fingerprint density at radius 2 is 1.94 bits per heavy atom. The molecule has 2 heteroatoms. The highest BCUT2D eigenvalue weighted by molar-refractivity contribution is 7.13. The van der Waals surface area contributed by atoms with Crippen LogP contribution in [0.4, 0.5) is 5.69 Å². The number of nitrogens with one attached hydrogen (secondary N) is 1. The molecule has 1 N–H and O–H groups in total. The van der Waals surface area contributed by atoms with Gasteiger partial charge in [0.2, 0.25) is 0 Å². The molecular weight excluding hydrogens is 226 g/mol.